The number of nitrogens with two attached hydrogens (primary N) is 1. The van der Waals surface area contributed by atoms with Crippen molar-refractivity contribution in [2.24, 2.45) is 0 Å². The number of carbonyl (C=O) groups is 2. The van der Waals surface area contributed by atoms with Crippen LogP contribution in [0, 0.1) is 6.92 Å². The van der Waals surface area contributed by atoms with E-state index in [4.69, 9.17) is 10.8 Å². The number of hydrogen-bond donors (Lipinski definition) is 2. The van der Waals surface area contributed by atoms with Crippen LogP contribution in [0.25, 0.3) is 0 Å². The second kappa shape index (κ2) is 6.22. The molecule has 0 saturated carbocycles. The van der Waals surface area contributed by atoms with E-state index in [1.807, 2.05) is 13.8 Å². The topological polar surface area (TPSA) is 83.6 Å². The fraction of sp³-hybridized carbons (Fsp3) is 0.429. The maximum absolute atomic E-state index is 12.3. The van der Waals surface area contributed by atoms with Crippen LogP contribution >= 0.6 is 0 Å². The third-order valence-corrected chi connectivity index (χ3v) is 3.13. The van der Waals surface area contributed by atoms with E-state index in [2.05, 4.69) is 0 Å². The van der Waals surface area contributed by atoms with Crippen molar-refractivity contribution >= 4 is 17.6 Å². The van der Waals surface area contributed by atoms with E-state index in [-0.39, 0.29) is 18.4 Å². The van der Waals surface area contributed by atoms with E-state index in [0.29, 0.717) is 17.8 Å². The summed E-state index contributed by atoms with van der Waals surface area (Å²) >= 11 is 0. The van der Waals surface area contributed by atoms with Crippen LogP contribution in [-0.2, 0) is 4.79 Å². The van der Waals surface area contributed by atoms with Crippen LogP contribution in [0.1, 0.15) is 36.2 Å². The SMILES string of the molecule is CCN(C(=O)c1ccc(C)c(N)c1)C(C)CC(=O)O. The molecule has 0 spiro atoms. The zero-order chi connectivity index (χ0) is 14.6. The van der Waals surface area contributed by atoms with Crippen molar-refractivity contribution in [1.82, 2.24) is 4.90 Å². The van der Waals surface area contributed by atoms with Gasteiger partial charge in [-0.15, -0.1) is 0 Å². The predicted octanol–water partition coefficient (Wildman–Crippen LogP) is 1.90. The molecule has 0 radical (unpaired) electrons. The molecular formula is C14H20N2O3. The molecule has 1 aromatic carbocycles. The van der Waals surface area contributed by atoms with Crippen molar-refractivity contribution in [3.05, 3.63) is 29.3 Å². The smallest absolute Gasteiger partial charge is 0.305 e. The van der Waals surface area contributed by atoms with Crippen molar-refractivity contribution in [2.75, 3.05) is 12.3 Å². The van der Waals surface area contributed by atoms with E-state index in [1.54, 1.807) is 25.1 Å². The number of hydrogen-bond acceptors (Lipinski definition) is 3. The second-order valence-corrected chi connectivity index (χ2v) is 4.61. The highest BCUT2D eigenvalue weighted by Gasteiger charge is 2.22. The molecule has 3 N–H and O–H groups in total. The van der Waals surface area contributed by atoms with Gasteiger partial charge in [-0.05, 0) is 38.5 Å². The lowest BCUT2D eigenvalue weighted by Gasteiger charge is -2.27. The van der Waals surface area contributed by atoms with Gasteiger partial charge >= 0.3 is 5.97 Å². The molecule has 1 unspecified atom stereocenters. The number of aliphatic carboxylic acids is 1. The Morgan fingerprint density at radius 2 is 2.05 bits per heavy atom. The lowest BCUT2D eigenvalue weighted by atomic mass is 10.1. The summed E-state index contributed by atoms with van der Waals surface area (Å²) < 4.78 is 0. The van der Waals surface area contributed by atoms with Crippen LogP contribution in [0.5, 0.6) is 0 Å². The Morgan fingerprint density at radius 3 is 2.53 bits per heavy atom. The molecule has 1 atom stereocenters. The van der Waals surface area contributed by atoms with Gasteiger partial charge in [-0.2, -0.15) is 0 Å². The number of nitrogen functional groups attached to an aromatic ring is 1. The predicted molar refractivity (Wildman–Crippen MR) is 74.0 cm³/mol. The first-order chi connectivity index (χ1) is 8.86. The minimum atomic E-state index is -0.915. The van der Waals surface area contributed by atoms with Gasteiger partial charge in [0.25, 0.3) is 5.91 Å². The van der Waals surface area contributed by atoms with Crippen molar-refractivity contribution in [3.63, 3.8) is 0 Å². The maximum Gasteiger partial charge on any atom is 0.305 e. The van der Waals surface area contributed by atoms with Gasteiger partial charge in [-0.1, -0.05) is 6.07 Å². The quantitative estimate of drug-likeness (QED) is 0.796. The lowest BCUT2D eigenvalue weighted by Crippen LogP contribution is -2.39. The molecule has 1 rings (SSSR count). The minimum Gasteiger partial charge on any atom is -0.481 e. The maximum atomic E-state index is 12.3. The molecule has 0 aliphatic heterocycles. The number of benzene rings is 1. The third kappa shape index (κ3) is 3.71. The zero-order valence-electron chi connectivity index (χ0n) is 11.5. The molecule has 0 aliphatic carbocycles. The van der Waals surface area contributed by atoms with Crippen LogP contribution in [0.4, 0.5) is 5.69 Å². The molecule has 1 aromatic rings. The largest absolute Gasteiger partial charge is 0.481 e. The summed E-state index contributed by atoms with van der Waals surface area (Å²) in [4.78, 5) is 24.6. The Bertz CT molecular complexity index is 486. The Morgan fingerprint density at radius 1 is 1.42 bits per heavy atom. The summed E-state index contributed by atoms with van der Waals surface area (Å²) in [6, 6.07) is 4.79. The molecule has 0 saturated heterocycles. The van der Waals surface area contributed by atoms with Crippen LogP contribution in [0.15, 0.2) is 18.2 Å². The Labute approximate surface area is 113 Å². The first-order valence-electron chi connectivity index (χ1n) is 6.25. The Hall–Kier alpha value is -2.04. The number of carboxylic acids is 1. The van der Waals surface area contributed by atoms with Crippen LogP contribution in [0.2, 0.25) is 0 Å². The molecule has 19 heavy (non-hydrogen) atoms. The van der Waals surface area contributed by atoms with E-state index < -0.39 is 5.97 Å². The highest BCUT2D eigenvalue weighted by molar-refractivity contribution is 5.95. The number of carboxylic acid groups (broad SMARTS) is 1. The summed E-state index contributed by atoms with van der Waals surface area (Å²) in [5.74, 6) is -1.11. The second-order valence-electron chi connectivity index (χ2n) is 4.61. The van der Waals surface area contributed by atoms with Gasteiger partial charge in [0, 0.05) is 23.8 Å². The molecule has 0 aromatic heterocycles. The van der Waals surface area contributed by atoms with Crippen molar-refractivity contribution < 1.29 is 14.7 Å². The Balaban J connectivity index is 2.94. The fourth-order valence-electron chi connectivity index (χ4n) is 1.96. The number of carbonyl (C=O) groups excluding carboxylic acids is 1. The van der Waals surface area contributed by atoms with Gasteiger partial charge in [0.05, 0.1) is 6.42 Å². The number of anilines is 1. The van der Waals surface area contributed by atoms with Gasteiger partial charge in [-0.25, -0.2) is 0 Å². The minimum absolute atomic E-state index is 0.0685. The van der Waals surface area contributed by atoms with E-state index >= 15 is 0 Å². The molecule has 104 valence electrons. The molecule has 0 aliphatic rings. The molecule has 0 fully saturated rings. The number of nitrogens with zero attached hydrogens (tertiary/aromatic N) is 1. The van der Waals surface area contributed by atoms with E-state index in [1.165, 1.54) is 4.90 Å². The van der Waals surface area contributed by atoms with Gasteiger partial charge in [0.1, 0.15) is 0 Å². The molecule has 0 heterocycles. The van der Waals surface area contributed by atoms with E-state index in [0.717, 1.165) is 5.56 Å². The van der Waals surface area contributed by atoms with Gasteiger partial charge in [0.2, 0.25) is 0 Å². The molecule has 5 nitrogen and oxygen atoms in total. The average molecular weight is 264 g/mol. The van der Waals surface area contributed by atoms with Gasteiger partial charge in [0.15, 0.2) is 0 Å². The standard InChI is InChI=1S/C14H20N2O3/c1-4-16(10(3)7-13(17)18)14(19)11-6-5-9(2)12(15)8-11/h5-6,8,10H,4,7,15H2,1-3H3,(H,17,18). The number of amides is 1. The van der Waals surface area contributed by atoms with Crippen molar-refractivity contribution in [2.45, 2.75) is 33.2 Å². The van der Waals surface area contributed by atoms with Crippen molar-refractivity contribution in [1.29, 1.82) is 0 Å². The first kappa shape index (κ1) is 15.0. The van der Waals surface area contributed by atoms with Crippen LogP contribution in [-0.4, -0.2) is 34.5 Å². The lowest BCUT2D eigenvalue weighted by molar-refractivity contribution is -0.138. The highest BCUT2D eigenvalue weighted by Crippen LogP contribution is 2.16. The average Bonchev–Trinajstić information content (AvgIpc) is 2.32. The van der Waals surface area contributed by atoms with E-state index in [9.17, 15) is 9.59 Å². The summed E-state index contributed by atoms with van der Waals surface area (Å²) in [6.07, 6.45) is -0.0685. The van der Waals surface area contributed by atoms with Crippen molar-refractivity contribution in [3.8, 4) is 0 Å². The zero-order valence-corrected chi connectivity index (χ0v) is 11.5. The van der Waals surface area contributed by atoms with Gasteiger partial charge in [-0.3, -0.25) is 9.59 Å². The summed E-state index contributed by atoms with van der Waals surface area (Å²) in [6.45, 7) is 5.89. The molecule has 5 heteroatoms. The number of aryl methyl sites for hydroxylation is 1. The number of rotatable bonds is 5. The van der Waals surface area contributed by atoms with Crippen LogP contribution < -0.4 is 5.73 Å². The van der Waals surface area contributed by atoms with Crippen LogP contribution in [0.3, 0.4) is 0 Å². The molecule has 1 amide bonds. The fourth-order valence-corrected chi connectivity index (χ4v) is 1.96. The highest BCUT2D eigenvalue weighted by atomic mass is 16.4. The summed E-state index contributed by atoms with van der Waals surface area (Å²) in [7, 11) is 0. The van der Waals surface area contributed by atoms with Gasteiger partial charge < -0.3 is 15.7 Å². The first-order valence-corrected chi connectivity index (χ1v) is 6.25. The third-order valence-electron chi connectivity index (χ3n) is 3.13. The molecular weight excluding hydrogens is 244 g/mol. The normalized spacial score (nSPS) is 11.9. The summed E-state index contributed by atoms with van der Waals surface area (Å²) in [5, 5.41) is 8.80. The summed E-state index contributed by atoms with van der Waals surface area (Å²) in [5.41, 5.74) is 7.76. The molecule has 0 bridgehead atoms. The Kier molecular flexibility index (Phi) is 4.92. The monoisotopic (exact) mass is 264 g/mol.